The van der Waals surface area contributed by atoms with Crippen molar-refractivity contribution in [2.75, 3.05) is 7.11 Å². The normalized spacial score (nSPS) is 12.4. The van der Waals surface area contributed by atoms with E-state index in [0.717, 1.165) is 12.8 Å². The average Bonchev–Trinajstić information content (AvgIpc) is 2.43. The van der Waals surface area contributed by atoms with Gasteiger partial charge in [0.15, 0.2) is 0 Å². The number of methoxy groups -OCH3 is 1. The number of ether oxygens (including phenoxy) is 1. The van der Waals surface area contributed by atoms with Gasteiger partial charge in [0.2, 0.25) is 0 Å². The van der Waals surface area contributed by atoms with Crippen molar-refractivity contribution in [3.05, 3.63) is 0 Å². The van der Waals surface area contributed by atoms with Gasteiger partial charge in [0.05, 0.1) is 13.0 Å². The molecule has 1 atom stereocenters. The van der Waals surface area contributed by atoms with Crippen molar-refractivity contribution in [1.29, 1.82) is 0 Å². The summed E-state index contributed by atoms with van der Waals surface area (Å²) in [5.74, 6) is 0.00986. The molecule has 0 bridgehead atoms. The van der Waals surface area contributed by atoms with Gasteiger partial charge >= 0.3 is 5.97 Å². The SMILES string of the molecule is CCCCCCCCCCCCCC(C)C(=O)OC. The van der Waals surface area contributed by atoms with E-state index in [2.05, 4.69) is 6.92 Å². The van der Waals surface area contributed by atoms with Crippen LogP contribution in [-0.2, 0) is 9.53 Å². The van der Waals surface area contributed by atoms with Crippen molar-refractivity contribution in [3.8, 4) is 0 Å². The molecule has 0 aromatic rings. The van der Waals surface area contributed by atoms with E-state index in [1.54, 1.807) is 0 Å². The smallest absolute Gasteiger partial charge is 0.308 e. The second-order valence-electron chi connectivity index (χ2n) is 5.75. The molecule has 0 heterocycles. The van der Waals surface area contributed by atoms with E-state index in [9.17, 15) is 4.79 Å². The minimum Gasteiger partial charge on any atom is -0.469 e. The van der Waals surface area contributed by atoms with Crippen LogP contribution in [0, 0.1) is 5.92 Å². The molecular weight excluding hydrogens is 236 g/mol. The molecule has 2 heteroatoms. The zero-order chi connectivity index (χ0) is 14.3. The Morgan fingerprint density at radius 3 is 1.68 bits per heavy atom. The van der Waals surface area contributed by atoms with E-state index < -0.39 is 0 Å². The van der Waals surface area contributed by atoms with Gasteiger partial charge in [0, 0.05) is 0 Å². The lowest BCUT2D eigenvalue weighted by Crippen LogP contribution is -2.12. The molecule has 0 saturated carbocycles. The summed E-state index contributed by atoms with van der Waals surface area (Å²) in [7, 11) is 1.47. The molecule has 1 unspecified atom stereocenters. The molecule has 0 N–H and O–H groups in total. The summed E-state index contributed by atoms with van der Waals surface area (Å²) in [5, 5.41) is 0. The number of hydrogen-bond donors (Lipinski definition) is 0. The Morgan fingerprint density at radius 2 is 1.26 bits per heavy atom. The molecule has 0 aromatic carbocycles. The van der Waals surface area contributed by atoms with E-state index in [1.807, 2.05) is 6.92 Å². The lowest BCUT2D eigenvalue weighted by atomic mass is 10.0. The molecule has 0 aromatic heterocycles. The first-order valence-corrected chi connectivity index (χ1v) is 8.30. The molecule has 0 aliphatic carbocycles. The molecule has 2 nitrogen and oxygen atoms in total. The van der Waals surface area contributed by atoms with E-state index in [1.165, 1.54) is 71.3 Å². The maximum atomic E-state index is 11.2. The van der Waals surface area contributed by atoms with Crippen LogP contribution in [0.2, 0.25) is 0 Å². The van der Waals surface area contributed by atoms with E-state index in [-0.39, 0.29) is 11.9 Å². The van der Waals surface area contributed by atoms with Crippen LogP contribution in [0.15, 0.2) is 0 Å². The average molecular weight is 270 g/mol. The van der Waals surface area contributed by atoms with Gasteiger partial charge in [-0.15, -0.1) is 0 Å². The number of hydrogen-bond acceptors (Lipinski definition) is 2. The fourth-order valence-corrected chi connectivity index (χ4v) is 2.43. The van der Waals surface area contributed by atoms with Crippen LogP contribution in [-0.4, -0.2) is 13.1 Å². The van der Waals surface area contributed by atoms with Gasteiger partial charge in [-0.1, -0.05) is 84.5 Å². The monoisotopic (exact) mass is 270 g/mol. The van der Waals surface area contributed by atoms with Gasteiger partial charge < -0.3 is 4.74 Å². The molecule has 0 amide bonds. The first-order chi connectivity index (χ1) is 9.22. The van der Waals surface area contributed by atoms with Crippen LogP contribution in [0.1, 0.15) is 90.9 Å². The minimum atomic E-state index is -0.0629. The van der Waals surface area contributed by atoms with Crippen LogP contribution < -0.4 is 0 Å². The highest BCUT2D eigenvalue weighted by Gasteiger charge is 2.11. The lowest BCUT2D eigenvalue weighted by molar-refractivity contribution is -0.145. The standard InChI is InChI=1S/C17H34O2/c1-4-5-6-7-8-9-10-11-12-13-14-15-16(2)17(18)19-3/h16H,4-15H2,1-3H3. The molecule has 19 heavy (non-hydrogen) atoms. The number of esters is 1. The molecule has 0 spiro atoms. The van der Waals surface area contributed by atoms with E-state index in [4.69, 9.17) is 4.74 Å². The van der Waals surface area contributed by atoms with Crippen LogP contribution in [0.5, 0.6) is 0 Å². The minimum absolute atomic E-state index is 0.0629. The molecule has 114 valence electrons. The Morgan fingerprint density at radius 1 is 0.842 bits per heavy atom. The summed E-state index contributed by atoms with van der Waals surface area (Å²) >= 11 is 0. The van der Waals surface area contributed by atoms with Crippen molar-refractivity contribution in [2.45, 2.75) is 90.9 Å². The zero-order valence-electron chi connectivity index (χ0n) is 13.4. The molecule has 0 rings (SSSR count). The van der Waals surface area contributed by atoms with Crippen molar-refractivity contribution >= 4 is 5.97 Å². The lowest BCUT2D eigenvalue weighted by Gasteiger charge is -2.08. The summed E-state index contributed by atoms with van der Waals surface area (Å²) < 4.78 is 4.72. The first-order valence-electron chi connectivity index (χ1n) is 8.30. The van der Waals surface area contributed by atoms with Crippen molar-refractivity contribution < 1.29 is 9.53 Å². The molecule has 0 aliphatic rings. The molecule has 0 saturated heterocycles. The third-order valence-electron chi connectivity index (χ3n) is 3.84. The second-order valence-corrected chi connectivity index (χ2v) is 5.75. The van der Waals surface area contributed by atoms with Gasteiger partial charge in [-0.3, -0.25) is 4.79 Å². The van der Waals surface area contributed by atoms with Crippen LogP contribution in [0.4, 0.5) is 0 Å². The van der Waals surface area contributed by atoms with Crippen LogP contribution in [0.25, 0.3) is 0 Å². The number of carbonyl (C=O) groups excluding carboxylic acids is 1. The van der Waals surface area contributed by atoms with Crippen molar-refractivity contribution in [1.82, 2.24) is 0 Å². The topological polar surface area (TPSA) is 26.3 Å². The highest BCUT2D eigenvalue weighted by Crippen LogP contribution is 2.14. The van der Waals surface area contributed by atoms with Gasteiger partial charge in [-0.05, 0) is 6.42 Å². The third-order valence-corrected chi connectivity index (χ3v) is 3.84. The van der Waals surface area contributed by atoms with Crippen molar-refractivity contribution in [3.63, 3.8) is 0 Å². The summed E-state index contributed by atoms with van der Waals surface area (Å²) in [6.07, 6.45) is 15.9. The number of rotatable bonds is 13. The summed E-state index contributed by atoms with van der Waals surface area (Å²) in [6, 6.07) is 0. The fourth-order valence-electron chi connectivity index (χ4n) is 2.43. The van der Waals surface area contributed by atoms with Crippen molar-refractivity contribution in [2.24, 2.45) is 5.92 Å². The van der Waals surface area contributed by atoms with Gasteiger partial charge in [0.1, 0.15) is 0 Å². The van der Waals surface area contributed by atoms with E-state index in [0.29, 0.717) is 0 Å². The fraction of sp³-hybridized carbons (Fsp3) is 0.941. The summed E-state index contributed by atoms with van der Waals surface area (Å²) in [5.41, 5.74) is 0. The predicted molar refractivity (Wildman–Crippen MR) is 82.3 cm³/mol. The second kappa shape index (κ2) is 13.9. The first kappa shape index (κ1) is 18.5. The Labute approximate surface area is 120 Å². The Balaban J connectivity index is 3.12. The zero-order valence-corrected chi connectivity index (χ0v) is 13.4. The third kappa shape index (κ3) is 12.3. The Hall–Kier alpha value is -0.530. The highest BCUT2D eigenvalue weighted by molar-refractivity contribution is 5.71. The Bertz CT molecular complexity index is 201. The van der Waals surface area contributed by atoms with Gasteiger partial charge in [-0.25, -0.2) is 0 Å². The van der Waals surface area contributed by atoms with Crippen LogP contribution in [0.3, 0.4) is 0 Å². The highest BCUT2D eigenvalue weighted by atomic mass is 16.5. The molecular formula is C17H34O2. The summed E-state index contributed by atoms with van der Waals surface area (Å²) in [4.78, 5) is 11.2. The van der Waals surface area contributed by atoms with Crippen LogP contribution >= 0.6 is 0 Å². The maximum Gasteiger partial charge on any atom is 0.308 e. The number of carbonyl (C=O) groups is 1. The summed E-state index contributed by atoms with van der Waals surface area (Å²) in [6.45, 7) is 4.23. The largest absolute Gasteiger partial charge is 0.469 e. The predicted octanol–water partition coefficient (Wildman–Crippen LogP) is 5.50. The molecule has 0 aliphatic heterocycles. The quantitative estimate of drug-likeness (QED) is 0.326. The van der Waals surface area contributed by atoms with Gasteiger partial charge in [0.25, 0.3) is 0 Å². The van der Waals surface area contributed by atoms with Gasteiger partial charge in [-0.2, -0.15) is 0 Å². The van der Waals surface area contributed by atoms with E-state index >= 15 is 0 Å². The number of unbranched alkanes of at least 4 members (excludes halogenated alkanes) is 10. The molecule has 0 fully saturated rings. The maximum absolute atomic E-state index is 11.2. The Kier molecular flexibility index (Phi) is 13.5. The molecule has 0 radical (unpaired) electrons.